The van der Waals surface area contributed by atoms with E-state index in [1.165, 1.54) is 32.1 Å². The molecule has 4 saturated carbocycles. The van der Waals surface area contributed by atoms with Gasteiger partial charge in [-0.05, 0) is 54.8 Å². The summed E-state index contributed by atoms with van der Waals surface area (Å²) in [6, 6.07) is 0. The van der Waals surface area contributed by atoms with E-state index in [2.05, 4.69) is 20.4 Å². The molecule has 14 heavy (non-hydrogen) atoms. The molecule has 4 unspecified atom stereocenters. The van der Waals surface area contributed by atoms with Crippen molar-refractivity contribution in [2.24, 2.45) is 29.1 Å². The molecule has 4 bridgehead atoms. The molecule has 4 aliphatic rings. The lowest BCUT2D eigenvalue weighted by Crippen LogP contribution is -2.54. The summed E-state index contributed by atoms with van der Waals surface area (Å²) in [5.41, 5.74) is 2.20. The molecule has 4 rings (SSSR count). The maximum Gasteiger partial charge on any atom is -0.0139 e. The predicted octanol–water partition coefficient (Wildman–Crippen LogP) is 4.02. The van der Waals surface area contributed by atoms with E-state index < -0.39 is 0 Å². The van der Waals surface area contributed by atoms with Crippen LogP contribution in [0.3, 0.4) is 0 Å². The van der Waals surface area contributed by atoms with E-state index in [0.29, 0.717) is 5.41 Å². The highest BCUT2D eigenvalue weighted by atomic mass is 14.6. The van der Waals surface area contributed by atoms with Crippen LogP contribution < -0.4 is 0 Å². The molecule has 78 valence electrons. The number of fused-ring (bicyclic) bond motifs is 2. The molecule has 0 nitrogen and oxygen atoms in total. The number of allylic oxidation sites excluding steroid dienone is 1. The lowest BCUT2D eigenvalue weighted by molar-refractivity contribution is -0.0842. The highest BCUT2D eigenvalue weighted by Gasteiger charge is 2.59. The molecule has 4 atom stereocenters. The largest absolute Gasteiger partial charge is 0.0996 e. The van der Waals surface area contributed by atoms with Gasteiger partial charge in [0.25, 0.3) is 0 Å². The molecule has 0 saturated heterocycles. The van der Waals surface area contributed by atoms with Gasteiger partial charge in [-0.25, -0.2) is 0 Å². The van der Waals surface area contributed by atoms with E-state index in [0.717, 1.165) is 23.7 Å². The SMILES string of the molecule is C=C1CCC2C3CCCC(C)(C)C2C13. The van der Waals surface area contributed by atoms with Gasteiger partial charge in [0.2, 0.25) is 0 Å². The normalized spacial score (nSPS) is 49.4. The lowest BCUT2D eigenvalue weighted by Gasteiger charge is -2.61. The van der Waals surface area contributed by atoms with E-state index >= 15 is 0 Å². The summed E-state index contributed by atoms with van der Waals surface area (Å²) >= 11 is 0. The van der Waals surface area contributed by atoms with Crippen LogP contribution in [-0.4, -0.2) is 0 Å². The second-order valence-electron chi connectivity index (χ2n) is 6.46. The van der Waals surface area contributed by atoms with Crippen LogP contribution in [0.15, 0.2) is 12.2 Å². The first-order valence-corrected chi connectivity index (χ1v) is 6.29. The van der Waals surface area contributed by atoms with Crippen molar-refractivity contribution in [2.45, 2.75) is 46.0 Å². The van der Waals surface area contributed by atoms with Gasteiger partial charge in [0.1, 0.15) is 0 Å². The Morgan fingerprint density at radius 2 is 2.00 bits per heavy atom. The number of hydrogen-bond donors (Lipinski definition) is 0. The molecule has 0 radical (unpaired) electrons. The van der Waals surface area contributed by atoms with Gasteiger partial charge in [-0.1, -0.05) is 32.4 Å². The van der Waals surface area contributed by atoms with Crippen LogP contribution >= 0.6 is 0 Å². The van der Waals surface area contributed by atoms with Gasteiger partial charge in [0.15, 0.2) is 0 Å². The summed E-state index contributed by atoms with van der Waals surface area (Å²) in [4.78, 5) is 0. The number of rotatable bonds is 0. The average Bonchev–Trinajstić information content (AvgIpc) is 2.30. The van der Waals surface area contributed by atoms with Crippen molar-refractivity contribution in [1.29, 1.82) is 0 Å². The Balaban J connectivity index is 1.97. The molecule has 0 heteroatoms. The Kier molecular flexibility index (Phi) is 1.70. The molecular weight excluding hydrogens is 168 g/mol. The molecule has 0 aromatic heterocycles. The summed E-state index contributed by atoms with van der Waals surface area (Å²) in [6.07, 6.45) is 7.20. The zero-order chi connectivity index (χ0) is 9.92. The molecular formula is C14H22. The maximum atomic E-state index is 4.32. The zero-order valence-electron chi connectivity index (χ0n) is 9.55. The molecule has 0 aromatic rings. The Morgan fingerprint density at radius 3 is 2.71 bits per heavy atom. The van der Waals surface area contributed by atoms with Crippen LogP contribution in [0.25, 0.3) is 0 Å². The number of hydrogen-bond acceptors (Lipinski definition) is 0. The molecule has 0 spiro atoms. The van der Waals surface area contributed by atoms with Crippen LogP contribution in [-0.2, 0) is 0 Å². The van der Waals surface area contributed by atoms with Crippen molar-refractivity contribution >= 4 is 0 Å². The van der Waals surface area contributed by atoms with Gasteiger partial charge in [-0.3, -0.25) is 0 Å². The van der Waals surface area contributed by atoms with E-state index in [1.807, 2.05) is 0 Å². The van der Waals surface area contributed by atoms with Gasteiger partial charge in [-0.2, -0.15) is 0 Å². The van der Waals surface area contributed by atoms with E-state index in [-0.39, 0.29) is 0 Å². The smallest absolute Gasteiger partial charge is 0.0139 e. The van der Waals surface area contributed by atoms with Gasteiger partial charge < -0.3 is 0 Å². The molecule has 0 N–H and O–H groups in total. The van der Waals surface area contributed by atoms with E-state index in [1.54, 1.807) is 5.57 Å². The van der Waals surface area contributed by atoms with Gasteiger partial charge in [0.05, 0.1) is 0 Å². The zero-order valence-corrected chi connectivity index (χ0v) is 9.55. The summed E-state index contributed by atoms with van der Waals surface area (Å²) in [6.45, 7) is 9.32. The molecule has 4 aliphatic carbocycles. The minimum Gasteiger partial charge on any atom is -0.0996 e. The molecule has 0 aromatic carbocycles. The average molecular weight is 190 g/mol. The van der Waals surface area contributed by atoms with E-state index in [4.69, 9.17) is 0 Å². The molecule has 0 heterocycles. The first-order valence-electron chi connectivity index (χ1n) is 6.29. The minimum atomic E-state index is 0.603. The topological polar surface area (TPSA) is 0 Å². The fraction of sp³-hybridized carbons (Fsp3) is 0.857. The fourth-order valence-corrected chi connectivity index (χ4v) is 4.81. The van der Waals surface area contributed by atoms with Crippen LogP contribution in [0.5, 0.6) is 0 Å². The molecule has 0 amide bonds. The third kappa shape index (κ3) is 0.951. The first-order chi connectivity index (χ1) is 6.61. The monoisotopic (exact) mass is 190 g/mol. The lowest BCUT2D eigenvalue weighted by atomic mass is 9.44. The Hall–Kier alpha value is -0.260. The Bertz CT molecular complexity index is 274. The third-order valence-electron chi connectivity index (χ3n) is 5.39. The maximum absolute atomic E-state index is 4.32. The standard InChI is InChI=1S/C14H22/c1-9-6-7-11-10-5-4-8-14(2,3)13(11)12(9)10/h10-13H,1,4-8H2,2-3H3. The van der Waals surface area contributed by atoms with E-state index in [9.17, 15) is 0 Å². The van der Waals surface area contributed by atoms with Crippen molar-refractivity contribution in [3.05, 3.63) is 12.2 Å². The quantitative estimate of drug-likeness (QED) is 0.506. The van der Waals surface area contributed by atoms with Gasteiger partial charge in [0, 0.05) is 0 Å². The van der Waals surface area contributed by atoms with Crippen LogP contribution in [0.1, 0.15) is 46.0 Å². The highest BCUT2D eigenvalue weighted by Crippen LogP contribution is 2.66. The van der Waals surface area contributed by atoms with Crippen molar-refractivity contribution in [2.75, 3.05) is 0 Å². The van der Waals surface area contributed by atoms with Crippen LogP contribution in [0.2, 0.25) is 0 Å². The van der Waals surface area contributed by atoms with Crippen molar-refractivity contribution in [1.82, 2.24) is 0 Å². The van der Waals surface area contributed by atoms with Crippen molar-refractivity contribution in [3.8, 4) is 0 Å². The second-order valence-corrected chi connectivity index (χ2v) is 6.46. The first kappa shape index (κ1) is 9.00. The summed E-state index contributed by atoms with van der Waals surface area (Å²) in [5.74, 6) is 4.04. The Morgan fingerprint density at radius 1 is 1.21 bits per heavy atom. The Labute approximate surface area is 87.8 Å². The minimum absolute atomic E-state index is 0.603. The van der Waals surface area contributed by atoms with Crippen molar-refractivity contribution < 1.29 is 0 Å². The van der Waals surface area contributed by atoms with Gasteiger partial charge >= 0.3 is 0 Å². The fourth-order valence-electron chi connectivity index (χ4n) is 4.81. The van der Waals surface area contributed by atoms with Crippen molar-refractivity contribution in [3.63, 3.8) is 0 Å². The van der Waals surface area contributed by atoms with Gasteiger partial charge in [-0.15, -0.1) is 0 Å². The highest BCUT2D eigenvalue weighted by molar-refractivity contribution is 5.21. The summed E-state index contributed by atoms with van der Waals surface area (Å²) in [5, 5.41) is 0. The van der Waals surface area contributed by atoms with Crippen LogP contribution in [0, 0.1) is 29.1 Å². The van der Waals surface area contributed by atoms with Crippen LogP contribution in [0.4, 0.5) is 0 Å². The summed E-state index contributed by atoms with van der Waals surface area (Å²) < 4.78 is 0. The molecule has 4 fully saturated rings. The third-order valence-corrected chi connectivity index (χ3v) is 5.39. The second kappa shape index (κ2) is 2.65. The molecule has 0 aliphatic heterocycles. The predicted molar refractivity (Wildman–Crippen MR) is 60.0 cm³/mol. The summed E-state index contributed by atoms with van der Waals surface area (Å²) in [7, 11) is 0.